The molecule has 1 aromatic carbocycles. The Morgan fingerprint density at radius 3 is 2.61 bits per heavy atom. The smallest absolute Gasteiger partial charge is 0.325 e. The largest absolute Gasteiger partial charge is 0.349 e. The number of carbonyl (C=O) groups is 4. The van der Waals surface area contributed by atoms with Crippen LogP contribution in [0.25, 0.3) is 0 Å². The van der Waals surface area contributed by atoms with Crippen molar-refractivity contribution in [2.45, 2.75) is 64.5 Å². The van der Waals surface area contributed by atoms with Crippen LogP contribution in [0.1, 0.15) is 63.2 Å². The van der Waals surface area contributed by atoms with Gasteiger partial charge >= 0.3 is 6.03 Å². The molecule has 3 fully saturated rings. The molecule has 1 aliphatic heterocycles. The fourth-order valence-electron chi connectivity index (χ4n) is 5.23. The number of benzene rings is 1. The van der Waals surface area contributed by atoms with Crippen molar-refractivity contribution >= 4 is 29.4 Å². The minimum absolute atomic E-state index is 0.0691. The average Bonchev–Trinajstić information content (AvgIpc) is 3.44. The molecule has 1 spiro atoms. The van der Waals surface area contributed by atoms with E-state index >= 15 is 0 Å². The molecule has 8 nitrogen and oxygen atoms in total. The zero-order valence-electron chi connectivity index (χ0n) is 18.3. The molecule has 31 heavy (non-hydrogen) atoms. The highest BCUT2D eigenvalue weighted by Crippen LogP contribution is 2.46. The number of rotatable bonds is 5. The van der Waals surface area contributed by atoms with Crippen LogP contribution in [0.15, 0.2) is 24.3 Å². The Morgan fingerprint density at radius 1 is 1.19 bits per heavy atom. The van der Waals surface area contributed by atoms with Crippen LogP contribution in [-0.2, 0) is 9.59 Å². The molecule has 2 saturated carbocycles. The number of carbonyl (C=O) groups excluding carboxylic acids is 4. The van der Waals surface area contributed by atoms with Gasteiger partial charge in [-0.05, 0) is 61.6 Å². The van der Waals surface area contributed by atoms with Gasteiger partial charge in [0, 0.05) is 17.3 Å². The molecule has 3 N–H and O–H groups in total. The van der Waals surface area contributed by atoms with E-state index in [9.17, 15) is 19.2 Å². The Hall–Kier alpha value is -2.90. The molecular formula is C23H30N4O4. The van der Waals surface area contributed by atoms with Crippen molar-refractivity contribution in [1.82, 2.24) is 15.5 Å². The Labute approximate surface area is 182 Å². The van der Waals surface area contributed by atoms with Crippen molar-refractivity contribution in [1.29, 1.82) is 0 Å². The summed E-state index contributed by atoms with van der Waals surface area (Å²) >= 11 is 0. The molecule has 1 heterocycles. The molecule has 2 aliphatic carbocycles. The molecule has 3 aliphatic rings. The maximum Gasteiger partial charge on any atom is 0.325 e. The third kappa shape index (κ3) is 4.57. The summed E-state index contributed by atoms with van der Waals surface area (Å²) in [5.41, 5.74) is -0.0978. The van der Waals surface area contributed by atoms with Crippen molar-refractivity contribution < 1.29 is 19.2 Å². The first kappa shape index (κ1) is 21.3. The van der Waals surface area contributed by atoms with Crippen LogP contribution >= 0.6 is 0 Å². The second-order valence-electron chi connectivity index (χ2n) is 10.1. The number of hydrogen-bond acceptors (Lipinski definition) is 4. The van der Waals surface area contributed by atoms with E-state index in [-0.39, 0.29) is 29.8 Å². The number of urea groups is 1. The third-order valence-electron chi connectivity index (χ3n) is 6.25. The standard InChI is InChI=1S/C23H30N4O4/c1-14-10-22(2,3)13-23(11-14)20(30)27(21(31)26-23)12-18(28)24-17-6-4-5-15(9-17)19(29)25-16-7-8-16/h4-6,9,14,16H,7-8,10-13H2,1-3H3,(H,24,28)(H,25,29)(H,26,31)/t14-,23-/m0/s1. The molecule has 0 bridgehead atoms. The first-order chi connectivity index (χ1) is 14.6. The SMILES string of the molecule is C[C@H]1CC(C)(C)C[C@]2(C1)NC(=O)N(CC(=O)Nc1cccc(C(=O)NC3CC3)c1)C2=O. The van der Waals surface area contributed by atoms with Crippen LogP contribution in [0, 0.1) is 11.3 Å². The van der Waals surface area contributed by atoms with E-state index in [4.69, 9.17) is 0 Å². The van der Waals surface area contributed by atoms with Gasteiger partial charge in [-0.15, -0.1) is 0 Å². The summed E-state index contributed by atoms with van der Waals surface area (Å²) in [4.78, 5) is 51.6. The van der Waals surface area contributed by atoms with Crippen LogP contribution in [0.2, 0.25) is 0 Å². The first-order valence-corrected chi connectivity index (χ1v) is 10.9. The van der Waals surface area contributed by atoms with Crippen molar-refractivity contribution in [3.63, 3.8) is 0 Å². The predicted octanol–water partition coefficient (Wildman–Crippen LogP) is 2.65. The lowest BCUT2D eigenvalue weighted by Crippen LogP contribution is -2.54. The highest BCUT2D eigenvalue weighted by atomic mass is 16.2. The first-order valence-electron chi connectivity index (χ1n) is 10.9. The summed E-state index contributed by atoms with van der Waals surface area (Å²) in [6, 6.07) is 6.35. The Bertz CT molecular complexity index is 939. The van der Waals surface area contributed by atoms with Crippen molar-refractivity contribution in [3.8, 4) is 0 Å². The van der Waals surface area contributed by atoms with E-state index in [2.05, 4.69) is 36.7 Å². The topological polar surface area (TPSA) is 108 Å². The number of anilines is 1. The van der Waals surface area contributed by atoms with Gasteiger partial charge in [-0.2, -0.15) is 0 Å². The van der Waals surface area contributed by atoms with E-state index in [1.807, 2.05) is 0 Å². The molecule has 5 amide bonds. The van der Waals surface area contributed by atoms with Gasteiger partial charge < -0.3 is 16.0 Å². The Balaban J connectivity index is 1.41. The van der Waals surface area contributed by atoms with Crippen LogP contribution in [0.5, 0.6) is 0 Å². The maximum atomic E-state index is 13.2. The zero-order valence-corrected chi connectivity index (χ0v) is 18.3. The van der Waals surface area contributed by atoms with E-state index in [1.54, 1.807) is 24.3 Å². The summed E-state index contributed by atoms with van der Waals surface area (Å²) in [5, 5.41) is 8.48. The normalized spacial score (nSPS) is 27.2. The lowest BCUT2D eigenvalue weighted by Gasteiger charge is -2.43. The fourth-order valence-corrected chi connectivity index (χ4v) is 5.23. The van der Waals surface area contributed by atoms with Crippen LogP contribution in [0.3, 0.4) is 0 Å². The Morgan fingerprint density at radius 2 is 1.94 bits per heavy atom. The van der Waals surface area contributed by atoms with Gasteiger partial charge in [0.05, 0.1) is 0 Å². The lowest BCUT2D eigenvalue weighted by atomic mass is 9.64. The van der Waals surface area contributed by atoms with Crippen LogP contribution < -0.4 is 16.0 Å². The van der Waals surface area contributed by atoms with Gasteiger partial charge in [-0.1, -0.05) is 26.8 Å². The number of hydrogen-bond donors (Lipinski definition) is 3. The van der Waals surface area contributed by atoms with Gasteiger partial charge in [0.2, 0.25) is 5.91 Å². The minimum Gasteiger partial charge on any atom is -0.349 e. The monoisotopic (exact) mass is 426 g/mol. The quantitative estimate of drug-likeness (QED) is 0.629. The maximum absolute atomic E-state index is 13.2. The van der Waals surface area contributed by atoms with Crippen molar-refractivity contribution in [2.24, 2.45) is 11.3 Å². The van der Waals surface area contributed by atoms with Crippen LogP contribution in [-0.4, -0.2) is 46.8 Å². The number of nitrogens with one attached hydrogen (secondary N) is 3. The predicted molar refractivity (Wildman–Crippen MR) is 115 cm³/mol. The van der Waals surface area contributed by atoms with E-state index in [0.717, 1.165) is 24.2 Å². The second-order valence-corrected chi connectivity index (χ2v) is 10.1. The molecule has 0 radical (unpaired) electrons. The molecule has 0 unspecified atom stereocenters. The molecule has 1 aromatic rings. The third-order valence-corrected chi connectivity index (χ3v) is 6.25. The molecule has 4 rings (SSSR count). The van der Waals surface area contributed by atoms with Gasteiger partial charge in [-0.25, -0.2) is 4.79 Å². The van der Waals surface area contributed by atoms with E-state index in [0.29, 0.717) is 30.0 Å². The van der Waals surface area contributed by atoms with Gasteiger partial charge in [0.1, 0.15) is 12.1 Å². The van der Waals surface area contributed by atoms with E-state index in [1.165, 1.54) is 0 Å². The summed E-state index contributed by atoms with van der Waals surface area (Å²) in [7, 11) is 0. The summed E-state index contributed by atoms with van der Waals surface area (Å²) in [6.07, 6.45) is 4.11. The lowest BCUT2D eigenvalue weighted by molar-refractivity contribution is -0.136. The molecule has 8 heteroatoms. The molecule has 0 aromatic heterocycles. The van der Waals surface area contributed by atoms with Crippen molar-refractivity contribution in [2.75, 3.05) is 11.9 Å². The van der Waals surface area contributed by atoms with E-state index < -0.39 is 17.5 Å². The van der Waals surface area contributed by atoms with Crippen molar-refractivity contribution in [3.05, 3.63) is 29.8 Å². The Kier molecular flexibility index (Phi) is 5.27. The number of nitrogens with zero attached hydrogens (tertiary/aromatic N) is 1. The summed E-state index contributed by atoms with van der Waals surface area (Å²) < 4.78 is 0. The number of imide groups is 1. The van der Waals surface area contributed by atoms with Gasteiger partial charge in [0.25, 0.3) is 11.8 Å². The number of amides is 5. The summed E-state index contributed by atoms with van der Waals surface area (Å²) in [6.45, 7) is 5.93. The highest BCUT2D eigenvalue weighted by molar-refractivity contribution is 6.10. The second kappa shape index (κ2) is 7.66. The fraction of sp³-hybridized carbons (Fsp3) is 0.565. The summed E-state index contributed by atoms with van der Waals surface area (Å²) in [5.74, 6) is -0.691. The molecule has 2 atom stereocenters. The van der Waals surface area contributed by atoms with Gasteiger partial charge in [0.15, 0.2) is 0 Å². The molecule has 166 valence electrons. The molecule has 1 saturated heterocycles. The minimum atomic E-state index is -0.931. The van der Waals surface area contributed by atoms with Gasteiger partial charge in [-0.3, -0.25) is 19.3 Å². The zero-order chi connectivity index (χ0) is 22.4. The highest BCUT2D eigenvalue weighted by Gasteiger charge is 2.56. The van der Waals surface area contributed by atoms with Crippen LogP contribution in [0.4, 0.5) is 10.5 Å². The molecular weight excluding hydrogens is 396 g/mol. The average molecular weight is 427 g/mol.